The van der Waals surface area contributed by atoms with Crippen LogP contribution in [0.5, 0.6) is 5.88 Å². The summed E-state index contributed by atoms with van der Waals surface area (Å²) in [5, 5.41) is 10.8. The van der Waals surface area contributed by atoms with Crippen LogP contribution in [0.3, 0.4) is 0 Å². The number of para-hydroxylation sites is 1. The van der Waals surface area contributed by atoms with Gasteiger partial charge in [0.05, 0.1) is 5.52 Å². The van der Waals surface area contributed by atoms with Gasteiger partial charge in [0.2, 0.25) is 0 Å². The third-order valence-corrected chi connectivity index (χ3v) is 2.82. The summed E-state index contributed by atoms with van der Waals surface area (Å²) in [5.74, 6) is 1.02. The summed E-state index contributed by atoms with van der Waals surface area (Å²) in [5.41, 5.74) is 1.09. The normalized spacial score (nSPS) is 11.0. The molecule has 2 aromatic rings. The van der Waals surface area contributed by atoms with Crippen molar-refractivity contribution < 1.29 is 5.11 Å². The fourth-order valence-corrected chi connectivity index (χ4v) is 1.98. The number of halogens is 1. The summed E-state index contributed by atoms with van der Waals surface area (Å²) < 4.78 is 1.93. The van der Waals surface area contributed by atoms with Crippen molar-refractivity contribution in [2.75, 3.05) is 5.88 Å². The van der Waals surface area contributed by atoms with E-state index in [1.54, 1.807) is 6.07 Å². The zero-order chi connectivity index (χ0) is 10.7. The average Bonchev–Trinajstić information content (AvgIpc) is 2.56. The predicted octanol–water partition coefficient (Wildman–Crippen LogP) is 3.37. The van der Waals surface area contributed by atoms with Crippen molar-refractivity contribution in [2.24, 2.45) is 0 Å². The molecule has 2 nitrogen and oxygen atoms in total. The van der Waals surface area contributed by atoms with Crippen LogP contribution < -0.4 is 0 Å². The molecule has 0 aliphatic heterocycles. The number of alkyl halides is 1. The molecular weight excluding hydrogens is 210 g/mol. The highest BCUT2D eigenvalue weighted by atomic mass is 35.5. The minimum Gasteiger partial charge on any atom is -0.494 e. The van der Waals surface area contributed by atoms with Crippen molar-refractivity contribution in [1.82, 2.24) is 4.57 Å². The highest BCUT2D eigenvalue weighted by Gasteiger charge is 2.05. The fraction of sp³-hybridized carbons (Fsp3) is 0.333. The number of aromatic nitrogens is 1. The first-order chi connectivity index (χ1) is 7.33. The Bertz CT molecular complexity index is 450. The molecule has 1 aromatic heterocycles. The molecule has 0 saturated heterocycles. The Morgan fingerprint density at radius 1 is 1.20 bits per heavy atom. The third kappa shape index (κ3) is 2.10. The second kappa shape index (κ2) is 4.58. The Morgan fingerprint density at radius 3 is 2.80 bits per heavy atom. The van der Waals surface area contributed by atoms with Gasteiger partial charge < -0.3 is 9.67 Å². The van der Waals surface area contributed by atoms with Gasteiger partial charge in [-0.05, 0) is 18.9 Å². The highest BCUT2D eigenvalue weighted by molar-refractivity contribution is 6.17. The standard InChI is InChI=1S/C12H14ClNO/c13-7-3-4-8-14-11-6-2-1-5-10(11)9-12(14)15/h1-2,5-6,9,15H,3-4,7-8H2. The number of aromatic hydroxyl groups is 1. The molecule has 0 spiro atoms. The van der Waals surface area contributed by atoms with Crippen LogP contribution in [0.25, 0.3) is 10.9 Å². The maximum absolute atomic E-state index is 9.76. The van der Waals surface area contributed by atoms with Crippen LogP contribution in [0.15, 0.2) is 30.3 Å². The number of hydrogen-bond acceptors (Lipinski definition) is 1. The first kappa shape index (κ1) is 10.4. The van der Waals surface area contributed by atoms with Crippen LogP contribution in [0.4, 0.5) is 0 Å². The maximum Gasteiger partial charge on any atom is 0.192 e. The SMILES string of the molecule is Oc1cc2ccccc2n1CCCCCl. The first-order valence-electron chi connectivity index (χ1n) is 5.16. The second-order valence-electron chi connectivity index (χ2n) is 3.61. The predicted molar refractivity (Wildman–Crippen MR) is 63.6 cm³/mol. The average molecular weight is 224 g/mol. The quantitative estimate of drug-likeness (QED) is 0.624. The Labute approximate surface area is 94.1 Å². The largest absolute Gasteiger partial charge is 0.494 e. The van der Waals surface area contributed by atoms with Crippen molar-refractivity contribution in [3.05, 3.63) is 30.3 Å². The summed E-state index contributed by atoms with van der Waals surface area (Å²) in [4.78, 5) is 0. The summed E-state index contributed by atoms with van der Waals surface area (Å²) in [6.07, 6.45) is 1.98. The molecule has 0 aliphatic carbocycles. The molecule has 15 heavy (non-hydrogen) atoms. The number of hydrogen-bond donors (Lipinski definition) is 1. The lowest BCUT2D eigenvalue weighted by atomic mass is 10.2. The summed E-state index contributed by atoms with van der Waals surface area (Å²) in [7, 11) is 0. The molecule has 2 rings (SSSR count). The lowest BCUT2D eigenvalue weighted by molar-refractivity contribution is 0.417. The van der Waals surface area contributed by atoms with Crippen molar-refractivity contribution in [2.45, 2.75) is 19.4 Å². The molecular formula is C12H14ClNO. The second-order valence-corrected chi connectivity index (χ2v) is 3.99. The van der Waals surface area contributed by atoms with Gasteiger partial charge in [-0.15, -0.1) is 11.6 Å². The van der Waals surface area contributed by atoms with E-state index in [9.17, 15) is 5.11 Å². The number of fused-ring (bicyclic) bond motifs is 1. The van der Waals surface area contributed by atoms with E-state index in [2.05, 4.69) is 0 Å². The molecule has 80 valence electrons. The van der Waals surface area contributed by atoms with E-state index in [0.29, 0.717) is 11.8 Å². The molecule has 0 fully saturated rings. The van der Waals surface area contributed by atoms with Crippen LogP contribution in [0, 0.1) is 0 Å². The van der Waals surface area contributed by atoms with Gasteiger partial charge in [0.15, 0.2) is 5.88 Å². The molecule has 1 aromatic carbocycles. The van der Waals surface area contributed by atoms with Gasteiger partial charge in [-0.3, -0.25) is 0 Å². The molecule has 0 unspecified atom stereocenters. The van der Waals surface area contributed by atoms with Crippen molar-refractivity contribution >= 4 is 22.5 Å². The van der Waals surface area contributed by atoms with Crippen LogP contribution >= 0.6 is 11.6 Å². The molecule has 0 radical (unpaired) electrons. The molecule has 0 atom stereocenters. The minimum absolute atomic E-state index is 0.339. The zero-order valence-corrected chi connectivity index (χ0v) is 9.24. The maximum atomic E-state index is 9.76. The van der Waals surface area contributed by atoms with E-state index in [-0.39, 0.29) is 0 Å². The Kier molecular flexibility index (Phi) is 3.17. The van der Waals surface area contributed by atoms with Crippen molar-refractivity contribution in [3.8, 4) is 5.88 Å². The minimum atomic E-state index is 0.339. The van der Waals surface area contributed by atoms with Crippen LogP contribution in [-0.4, -0.2) is 15.6 Å². The van der Waals surface area contributed by atoms with Crippen molar-refractivity contribution in [3.63, 3.8) is 0 Å². The van der Waals surface area contributed by atoms with E-state index in [1.165, 1.54) is 0 Å². The van der Waals surface area contributed by atoms with Crippen LogP contribution in [0.1, 0.15) is 12.8 Å². The van der Waals surface area contributed by atoms with Gasteiger partial charge >= 0.3 is 0 Å². The third-order valence-electron chi connectivity index (χ3n) is 2.55. The molecule has 0 saturated carbocycles. The van der Waals surface area contributed by atoms with E-state index >= 15 is 0 Å². The number of benzene rings is 1. The van der Waals surface area contributed by atoms with Crippen LogP contribution in [0.2, 0.25) is 0 Å². The molecule has 1 N–H and O–H groups in total. The van der Waals surface area contributed by atoms with Crippen molar-refractivity contribution in [1.29, 1.82) is 0 Å². The van der Waals surface area contributed by atoms with Gasteiger partial charge in [0.1, 0.15) is 0 Å². The summed E-state index contributed by atoms with van der Waals surface area (Å²) in [6.45, 7) is 0.825. The van der Waals surface area contributed by atoms with E-state index in [4.69, 9.17) is 11.6 Å². The van der Waals surface area contributed by atoms with E-state index in [0.717, 1.165) is 30.3 Å². The van der Waals surface area contributed by atoms with Gasteiger partial charge in [0.25, 0.3) is 0 Å². The number of nitrogens with zero attached hydrogens (tertiary/aromatic N) is 1. The highest BCUT2D eigenvalue weighted by Crippen LogP contribution is 2.24. The van der Waals surface area contributed by atoms with E-state index < -0.39 is 0 Å². The fourth-order valence-electron chi connectivity index (χ4n) is 1.80. The smallest absolute Gasteiger partial charge is 0.192 e. The molecule has 3 heteroatoms. The first-order valence-corrected chi connectivity index (χ1v) is 5.69. The number of rotatable bonds is 4. The Hall–Kier alpha value is -1.15. The Balaban J connectivity index is 2.28. The van der Waals surface area contributed by atoms with Gasteiger partial charge in [-0.2, -0.15) is 0 Å². The molecule has 0 aliphatic rings. The summed E-state index contributed by atoms with van der Waals surface area (Å²) in [6, 6.07) is 9.80. The zero-order valence-electron chi connectivity index (χ0n) is 8.49. The molecule has 0 amide bonds. The molecule has 1 heterocycles. The van der Waals surface area contributed by atoms with Gasteiger partial charge in [0, 0.05) is 23.9 Å². The lowest BCUT2D eigenvalue weighted by Gasteiger charge is -2.05. The number of unbranched alkanes of at least 4 members (excludes halogenated alkanes) is 1. The lowest BCUT2D eigenvalue weighted by Crippen LogP contribution is -1.97. The van der Waals surface area contributed by atoms with Gasteiger partial charge in [-0.1, -0.05) is 18.2 Å². The van der Waals surface area contributed by atoms with Gasteiger partial charge in [-0.25, -0.2) is 0 Å². The Morgan fingerprint density at radius 2 is 2.00 bits per heavy atom. The molecule has 0 bridgehead atoms. The monoisotopic (exact) mass is 223 g/mol. The van der Waals surface area contributed by atoms with Crippen LogP contribution in [-0.2, 0) is 6.54 Å². The van der Waals surface area contributed by atoms with E-state index in [1.807, 2.05) is 28.8 Å². The number of aryl methyl sites for hydroxylation is 1. The summed E-state index contributed by atoms with van der Waals surface area (Å²) >= 11 is 5.63. The topological polar surface area (TPSA) is 25.2 Å².